The Labute approximate surface area is 115 Å². The van der Waals surface area contributed by atoms with E-state index in [9.17, 15) is 4.79 Å². The zero-order valence-corrected chi connectivity index (χ0v) is 11.6. The molecule has 6 heteroatoms. The molecule has 1 aliphatic rings. The predicted molar refractivity (Wildman–Crippen MR) is 74.8 cm³/mol. The third kappa shape index (κ3) is 2.72. The van der Waals surface area contributed by atoms with Gasteiger partial charge in [-0.15, -0.1) is 0 Å². The molecule has 0 unspecified atom stereocenters. The van der Waals surface area contributed by atoms with Crippen LogP contribution in [0, 0.1) is 0 Å². The lowest BCUT2D eigenvalue weighted by Crippen LogP contribution is -2.40. The summed E-state index contributed by atoms with van der Waals surface area (Å²) in [4.78, 5) is 15.1. The molecule has 0 saturated heterocycles. The van der Waals surface area contributed by atoms with Crippen molar-refractivity contribution in [2.75, 3.05) is 18.1 Å². The van der Waals surface area contributed by atoms with Gasteiger partial charge in [0.1, 0.15) is 16.5 Å². The molecule has 1 saturated carbocycles. The first-order chi connectivity index (χ1) is 8.56. The van der Waals surface area contributed by atoms with Crippen molar-refractivity contribution in [2.45, 2.75) is 24.0 Å². The van der Waals surface area contributed by atoms with Gasteiger partial charge in [-0.05, 0) is 31.2 Å². The average molecular weight is 287 g/mol. The number of aromatic carboxylic acids is 1. The van der Waals surface area contributed by atoms with Crippen LogP contribution >= 0.6 is 23.4 Å². The lowest BCUT2D eigenvalue weighted by molar-refractivity contribution is 0.0697. The minimum Gasteiger partial charge on any atom is -0.478 e. The largest absolute Gasteiger partial charge is 0.478 e. The van der Waals surface area contributed by atoms with Gasteiger partial charge in [-0.25, -0.2) is 9.78 Å². The van der Waals surface area contributed by atoms with Crippen LogP contribution in [0.5, 0.6) is 0 Å². The minimum absolute atomic E-state index is 0.162. The fourth-order valence-electron chi connectivity index (χ4n) is 2.01. The standard InChI is InChI=1S/C12H15ClN2O2S/c1-18-12(5-2-6-12)7-14-10-8(11(16)17)3-4-9(13)15-10/h3-4H,2,5-7H2,1H3,(H,14,15)(H,16,17). The number of halogens is 1. The molecule has 0 aliphatic heterocycles. The summed E-state index contributed by atoms with van der Waals surface area (Å²) in [5, 5.41) is 12.5. The van der Waals surface area contributed by atoms with E-state index in [1.165, 1.54) is 18.6 Å². The third-order valence-electron chi connectivity index (χ3n) is 3.37. The van der Waals surface area contributed by atoms with Crippen LogP contribution in [-0.2, 0) is 0 Å². The molecule has 4 nitrogen and oxygen atoms in total. The summed E-state index contributed by atoms with van der Waals surface area (Å²) < 4.78 is 0.222. The smallest absolute Gasteiger partial charge is 0.339 e. The van der Waals surface area contributed by atoms with E-state index in [1.807, 2.05) is 11.8 Å². The molecule has 2 N–H and O–H groups in total. The lowest BCUT2D eigenvalue weighted by atomic mass is 9.84. The Morgan fingerprint density at radius 2 is 2.33 bits per heavy atom. The number of rotatable bonds is 5. The Hall–Kier alpha value is -0.940. The molecule has 0 atom stereocenters. The maximum absolute atomic E-state index is 11.1. The van der Waals surface area contributed by atoms with Gasteiger partial charge < -0.3 is 10.4 Å². The van der Waals surface area contributed by atoms with E-state index in [4.69, 9.17) is 16.7 Å². The van der Waals surface area contributed by atoms with Crippen LogP contribution in [0.15, 0.2) is 12.1 Å². The predicted octanol–water partition coefficient (Wildman–Crippen LogP) is 3.13. The van der Waals surface area contributed by atoms with E-state index < -0.39 is 5.97 Å². The molecule has 0 amide bonds. The Kier molecular flexibility index (Phi) is 4.02. The molecule has 1 aliphatic carbocycles. The third-order valence-corrected chi connectivity index (χ3v) is 5.00. The summed E-state index contributed by atoms with van der Waals surface area (Å²) in [5.74, 6) is -0.635. The maximum Gasteiger partial charge on any atom is 0.339 e. The maximum atomic E-state index is 11.1. The number of carboxylic acids is 1. The summed E-state index contributed by atoms with van der Waals surface area (Å²) >= 11 is 7.63. The zero-order chi connectivity index (χ0) is 13.2. The van der Waals surface area contributed by atoms with Crippen LogP contribution in [0.3, 0.4) is 0 Å². The molecule has 98 valence electrons. The summed E-state index contributed by atoms with van der Waals surface area (Å²) in [6.45, 7) is 0.724. The normalized spacial score (nSPS) is 17.0. The van der Waals surface area contributed by atoms with Gasteiger partial charge in [-0.2, -0.15) is 11.8 Å². The molecule has 0 aromatic carbocycles. The molecule has 1 aromatic rings. The number of carbonyl (C=O) groups is 1. The Morgan fingerprint density at radius 1 is 1.61 bits per heavy atom. The van der Waals surface area contributed by atoms with Crippen molar-refractivity contribution in [3.05, 3.63) is 22.8 Å². The molecule has 0 radical (unpaired) electrons. The number of pyridine rings is 1. The van der Waals surface area contributed by atoms with Gasteiger partial charge in [0.2, 0.25) is 0 Å². The fraction of sp³-hybridized carbons (Fsp3) is 0.500. The molecule has 2 rings (SSSR count). The summed E-state index contributed by atoms with van der Waals surface area (Å²) in [5.41, 5.74) is 0.162. The number of carboxylic acid groups (broad SMARTS) is 1. The van der Waals surface area contributed by atoms with Crippen molar-refractivity contribution in [1.29, 1.82) is 0 Å². The molecule has 0 bridgehead atoms. The number of nitrogens with zero attached hydrogens (tertiary/aromatic N) is 1. The van der Waals surface area contributed by atoms with Crippen LogP contribution < -0.4 is 5.32 Å². The van der Waals surface area contributed by atoms with Crippen LogP contribution in [0.25, 0.3) is 0 Å². The molecular formula is C12H15ClN2O2S. The second-order valence-corrected chi connectivity index (χ2v) is 6.09. The first kappa shape index (κ1) is 13.5. The number of thioether (sulfide) groups is 1. The number of hydrogen-bond acceptors (Lipinski definition) is 4. The fourth-order valence-corrected chi connectivity index (χ4v) is 3.07. The number of hydrogen-bond donors (Lipinski definition) is 2. The Balaban J connectivity index is 2.12. The van der Waals surface area contributed by atoms with Crippen LogP contribution in [-0.4, -0.2) is 33.6 Å². The van der Waals surface area contributed by atoms with Gasteiger partial charge >= 0.3 is 5.97 Å². The van der Waals surface area contributed by atoms with Gasteiger partial charge in [0, 0.05) is 11.3 Å². The highest BCUT2D eigenvalue weighted by molar-refractivity contribution is 8.00. The van der Waals surface area contributed by atoms with E-state index >= 15 is 0 Å². The van der Waals surface area contributed by atoms with Crippen molar-refractivity contribution in [3.63, 3.8) is 0 Å². The van der Waals surface area contributed by atoms with E-state index in [2.05, 4.69) is 16.6 Å². The topological polar surface area (TPSA) is 62.2 Å². The number of nitrogens with one attached hydrogen (secondary N) is 1. The Bertz CT molecular complexity index is 458. The van der Waals surface area contributed by atoms with Gasteiger partial charge in [0.05, 0.1) is 0 Å². The van der Waals surface area contributed by atoms with Gasteiger partial charge in [-0.3, -0.25) is 0 Å². The Morgan fingerprint density at radius 3 is 2.83 bits per heavy atom. The van der Waals surface area contributed by atoms with E-state index in [0.29, 0.717) is 11.0 Å². The molecule has 1 heterocycles. The lowest BCUT2D eigenvalue weighted by Gasteiger charge is -2.40. The van der Waals surface area contributed by atoms with Crippen LogP contribution in [0.4, 0.5) is 5.82 Å². The summed E-state index contributed by atoms with van der Waals surface area (Å²) in [7, 11) is 0. The SMILES string of the molecule is CSC1(CNc2nc(Cl)ccc2C(=O)O)CCC1. The van der Waals surface area contributed by atoms with Crippen molar-refractivity contribution < 1.29 is 9.90 Å². The van der Waals surface area contributed by atoms with Crippen molar-refractivity contribution in [1.82, 2.24) is 4.98 Å². The van der Waals surface area contributed by atoms with Gasteiger partial charge in [0.25, 0.3) is 0 Å². The van der Waals surface area contributed by atoms with Crippen molar-refractivity contribution >= 4 is 35.1 Å². The van der Waals surface area contributed by atoms with Gasteiger partial charge in [0.15, 0.2) is 0 Å². The molecular weight excluding hydrogens is 272 g/mol. The highest BCUT2D eigenvalue weighted by atomic mass is 35.5. The van der Waals surface area contributed by atoms with E-state index in [0.717, 1.165) is 19.4 Å². The van der Waals surface area contributed by atoms with E-state index in [-0.39, 0.29) is 10.3 Å². The number of anilines is 1. The molecule has 1 fully saturated rings. The number of aromatic nitrogens is 1. The second-order valence-electron chi connectivity index (χ2n) is 4.43. The van der Waals surface area contributed by atoms with Crippen molar-refractivity contribution in [3.8, 4) is 0 Å². The quantitative estimate of drug-likeness (QED) is 0.814. The average Bonchev–Trinajstić information content (AvgIpc) is 2.28. The zero-order valence-electron chi connectivity index (χ0n) is 10.1. The first-order valence-corrected chi connectivity index (χ1v) is 7.35. The highest BCUT2D eigenvalue weighted by Crippen LogP contribution is 2.42. The first-order valence-electron chi connectivity index (χ1n) is 5.75. The van der Waals surface area contributed by atoms with Crippen LogP contribution in [0.2, 0.25) is 5.15 Å². The summed E-state index contributed by atoms with van der Waals surface area (Å²) in [6.07, 6.45) is 5.63. The highest BCUT2D eigenvalue weighted by Gasteiger charge is 2.36. The molecule has 18 heavy (non-hydrogen) atoms. The molecule has 1 aromatic heterocycles. The minimum atomic E-state index is -0.992. The van der Waals surface area contributed by atoms with E-state index in [1.54, 1.807) is 0 Å². The molecule has 0 spiro atoms. The second kappa shape index (κ2) is 5.36. The van der Waals surface area contributed by atoms with Gasteiger partial charge in [-0.1, -0.05) is 18.0 Å². The van der Waals surface area contributed by atoms with Crippen molar-refractivity contribution in [2.24, 2.45) is 0 Å². The van der Waals surface area contributed by atoms with Crippen LogP contribution in [0.1, 0.15) is 29.6 Å². The monoisotopic (exact) mass is 286 g/mol. The summed E-state index contributed by atoms with van der Waals surface area (Å²) in [6, 6.07) is 2.97.